The predicted molar refractivity (Wildman–Crippen MR) is 68.6 cm³/mol. The molecule has 0 aliphatic rings. The number of benzene rings is 1. The molecule has 0 aliphatic heterocycles. The molecule has 2 amide bonds. The lowest BCUT2D eigenvalue weighted by Gasteiger charge is -2.23. The number of hydrogen-bond donors (Lipinski definition) is 2. The summed E-state index contributed by atoms with van der Waals surface area (Å²) in [6.45, 7) is -0.0497. The van der Waals surface area contributed by atoms with Crippen LogP contribution >= 0.6 is 0 Å². The van der Waals surface area contributed by atoms with Crippen molar-refractivity contribution in [2.75, 3.05) is 13.6 Å². The van der Waals surface area contributed by atoms with E-state index >= 15 is 0 Å². The first-order chi connectivity index (χ1) is 9.41. The molecule has 2 N–H and O–H groups in total. The third kappa shape index (κ3) is 4.83. The topological polar surface area (TPSA) is 69.6 Å². The second-order valence-corrected chi connectivity index (χ2v) is 4.24. The van der Waals surface area contributed by atoms with Crippen molar-refractivity contribution in [3.63, 3.8) is 0 Å². The van der Waals surface area contributed by atoms with Gasteiger partial charge in [-0.15, -0.1) is 0 Å². The van der Waals surface area contributed by atoms with E-state index in [1.807, 2.05) is 0 Å². The molecule has 1 unspecified atom stereocenters. The number of carbonyl (C=O) groups excluding carboxylic acids is 1. The summed E-state index contributed by atoms with van der Waals surface area (Å²) in [6.07, 6.45) is -3.00. The van der Waals surface area contributed by atoms with Crippen molar-refractivity contribution >= 4 is 12.0 Å². The molecule has 0 saturated heterocycles. The number of carboxylic acid groups (broad SMARTS) is 1. The van der Waals surface area contributed by atoms with Crippen LogP contribution in [-0.4, -0.2) is 42.0 Å². The highest BCUT2D eigenvalue weighted by atomic mass is 19.3. The van der Waals surface area contributed by atoms with Crippen molar-refractivity contribution in [3.8, 4) is 0 Å². The number of hydrogen-bond acceptors (Lipinski definition) is 2. The number of urea groups is 1. The summed E-state index contributed by atoms with van der Waals surface area (Å²) < 4.78 is 26.0. The van der Waals surface area contributed by atoms with Crippen molar-refractivity contribution in [1.29, 1.82) is 0 Å². The fourth-order valence-electron chi connectivity index (χ4n) is 1.56. The smallest absolute Gasteiger partial charge is 0.317 e. The molecule has 20 heavy (non-hydrogen) atoms. The number of alkyl halides is 2. The van der Waals surface area contributed by atoms with Crippen LogP contribution in [0.25, 0.3) is 0 Å². The molecule has 5 nitrogen and oxygen atoms in total. The maximum atomic E-state index is 13.0. The molecule has 110 valence electrons. The average Bonchev–Trinajstić information content (AvgIpc) is 2.42. The third-order valence-electron chi connectivity index (χ3n) is 2.70. The molecule has 1 rings (SSSR count). The molecule has 0 fully saturated rings. The van der Waals surface area contributed by atoms with Gasteiger partial charge in [-0.2, -0.15) is 0 Å². The molecule has 0 aliphatic carbocycles. The quantitative estimate of drug-likeness (QED) is 0.841. The first-order valence-electron chi connectivity index (χ1n) is 5.98. The summed E-state index contributed by atoms with van der Waals surface area (Å²) in [7, 11) is 1.35. The molecule has 1 aromatic rings. The van der Waals surface area contributed by atoms with Crippen LogP contribution in [0.1, 0.15) is 18.0 Å². The van der Waals surface area contributed by atoms with Crippen LogP contribution in [0.15, 0.2) is 30.3 Å². The van der Waals surface area contributed by atoms with Crippen molar-refractivity contribution in [2.45, 2.75) is 18.9 Å². The largest absolute Gasteiger partial charge is 0.481 e. The van der Waals surface area contributed by atoms with Crippen LogP contribution < -0.4 is 5.32 Å². The van der Waals surface area contributed by atoms with Gasteiger partial charge in [-0.25, -0.2) is 13.6 Å². The van der Waals surface area contributed by atoms with Crippen molar-refractivity contribution in [1.82, 2.24) is 10.2 Å². The van der Waals surface area contributed by atoms with E-state index in [4.69, 9.17) is 5.11 Å². The minimum atomic E-state index is -2.76. The van der Waals surface area contributed by atoms with E-state index in [9.17, 15) is 18.4 Å². The highest BCUT2D eigenvalue weighted by molar-refractivity contribution is 5.75. The standard InChI is InChI=1S/C13H16F2N2O3/c1-17(8-7-10(18)19)13(20)16-11(12(14)15)9-5-3-2-4-6-9/h2-6,11-12H,7-8H2,1H3,(H,16,20)(H,18,19). The van der Waals surface area contributed by atoms with Gasteiger partial charge in [0.1, 0.15) is 6.04 Å². The fraction of sp³-hybridized carbons (Fsp3) is 0.385. The Kier molecular flexibility index (Phi) is 5.89. The Morgan fingerprint density at radius 3 is 2.40 bits per heavy atom. The highest BCUT2D eigenvalue weighted by Crippen LogP contribution is 2.20. The Morgan fingerprint density at radius 2 is 1.90 bits per heavy atom. The lowest BCUT2D eigenvalue weighted by Crippen LogP contribution is -2.42. The minimum Gasteiger partial charge on any atom is -0.481 e. The van der Waals surface area contributed by atoms with Crippen LogP contribution in [0.4, 0.5) is 13.6 Å². The summed E-state index contributed by atoms with van der Waals surface area (Å²) in [5.74, 6) is -1.06. The van der Waals surface area contributed by atoms with Crippen LogP contribution in [-0.2, 0) is 4.79 Å². The van der Waals surface area contributed by atoms with E-state index in [1.54, 1.807) is 18.2 Å². The van der Waals surface area contributed by atoms with Gasteiger partial charge in [0.05, 0.1) is 6.42 Å². The zero-order valence-corrected chi connectivity index (χ0v) is 10.9. The Balaban J connectivity index is 2.67. The lowest BCUT2D eigenvalue weighted by molar-refractivity contribution is -0.137. The van der Waals surface area contributed by atoms with Crippen LogP contribution in [0.2, 0.25) is 0 Å². The predicted octanol–water partition coefficient (Wildman–Crippen LogP) is 2.11. The Labute approximate surface area is 115 Å². The first kappa shape index (κ1) is 15.9. The zero-order valence-electron chi connectivity index (χ0n) is 10.9. The lowest BCUT2D eigenvalue weighted by atomic mass is 10.1. The number of nitrogens with zero attached hydrogens (tertiary/aromatic N) is 1. The second-order valence-electron chi connectivity index (χ2n) is 4.24. The molecule has 0 heterocycles. The minimum absolute atomic E-state index is 0.0497. The van der Waals surface area contributed by atoms with Gasteiger partial charge in [0, 0.05) is 13.6 Å². The van der Waals surface area contributed by atoms with Crippen molar-refractivity contribution in [3.05, 3.63) is 35.9 Å². The third-order valence-corrected chi connectivity index (χ3v) is 2.70. The molecule has 0 saturated carbocycles. The normalized spacial score (nSPS) is 12.0. The van der Waals surface area contributed by atoms with E-state index in [-0.39, 0.29) is 13.0 Å². The summed E-state index contributed by atoms with van der Waals surface area (Å²) in [4.78, 5) is 23.2. The van der Waals surface area contributed by atoms with E-state index in [2.05, 4.69) is 5.32 Å². The van der Waals surface area contributed by atoms with E-state index in [0.717, 1.165) is 4.90 Å². The molecule has 0 bridgehead atoms. The molecule has 0 radical (unpaired) electrons. The number of nitrogens with one attached hydrogen (secondary N) is 1. The summed E-state index contributed by atoms with van der Waals surface area (Å²) in [5, 5.41) is 10.7. The van der Waals surface area contributed by atoms with Gasteiger partial charge < -0.3 is 15.3 Å². The average molecular weight is 286 g/mol. The van der Waals surface area contributed by atoms with Crippen LogP contribution in [0.3, 0.4) is 0 Å². The molecular weight excluding hydrogens is 270 g/mol. The molecule has 0 aromatic heterocycles. The van der Waals surface area contributed by atoms with E-state index in [1.165, 1.54) is 19.2 Å². The number of carboxylic acids is 1. The Bertz CT molecular complexity index is 454. The van der Waals surface area contributed by atoms with Crippen LogP contribution in [0, 0.1) is 0 Å². The zero-order chi connectivity index (χ0) is 15.1. The van der Waals surface area contributed by atoms with E-state index < -0.39 is 24.5 Å². The monoisotopic (exact) mass is 286 g/mol. The van der Waals surface area contributed by atoms with Gasteiger partial charge in [0.25, 0.3) is 6.43 Å². The van der Waals surface area contributed by atoms with Gasteiger partial charge in [-0.05, 0) is 5.56 Å². The van der Waals surface area contributed by atoms with Gasteiger partial charge >= 0.3 is 12.0 Å². The second kappa shape index (κ2) is 7.42. The molecular formula is C13H16F2N2O3. The number of carbonyl (C=O) groups is 2. The summed E-state index contributed by atoms with van der Waals surface area (Å²) >= 11 is 0. The Morgan fingerprint density at radius 1 is 1.30 bits per heavy atom. The van der Waals surface area contributed by atoms with Gasteiger partial charge in [0.2, 0.25) is 0 Å². The van der Waals surface area contributed by atoms with Gasteiger partial charge in [-0.1, -0.05) is 30.3 Å². The van der Waals surface area contributed by atoms with Crippen molar-refractivity contribution in [2.24, 2.45) is 0 Å². The van der Waals surface area contributed by atoms with Crippen molar-refractivity contribution < 1.29 is 23.5 Å². The highest BCUT2D eigenvalue weighted by Gasteiger charge is 2.25. The summed E-state index contributed by atoms with van der Waals surface area (Å²) in [5.41, 5.74) is 0.294. The molecule has 7 heteroatoms. The first-order valence-corrected chi connectivity index (χ1v) is 5.98. The summed E-state index contributed by atoms with van der Waals surface area (Å²) in [6, 6.07) is 5.72. The Hall–Kier alpha value is -2.18. The number of amides is 2. The number of aliphatic carboxylic acids is 1. The van der Waals surface area contributed by atoms with Gasteiger partial charge in [-0.3, -0.25) is 4.79 Å². The number of halogens is 2. The van der Waals surface area contributed by atoms with Gasteiger partial charge in [0.15, 0.2) is 0 Å². The maximum absolute atomic E-state index is 13.0. The molecule has 1 atom stereocenters. The fourth-order valence-corrected chi connectivity index (χ4v) is 1.56. The SMILES string of the molecule is CN(CCC(=O)O)C(=O)NC(c1ccccc1)C(F)F. The van der Waals surface area contributed by atoms with E-state index in [0.29, 0.717) is 5.56 Å². The molecule has 0 spiro atoms. The maximum Gasteiger partial charge on any atom is 0.317 e. The molecule has 1 aromatic carbocycles. The van der Waals surface area contributed by atoms with Crippen LogP contribution in [0.5, 0.6) is 0 Å². The number of rotatable bonds is 6.